The van der Waals surface area contributed by atoms with Gasteiger partial charge in [0, 0.05) is 19.3 Å². The van der Waals surface area contributed by atoms with Crippen LogP contribution >= 0.6 is 0 Å². The van der Waals surface area contributed by atoms with Crippen molar-refractivity contribution in [3.05, 3.63) is 47.7 Å². The van der Waals surface area contributed by atoms with E-state index in [-0.39, 0.29) is 0 Å². The summed E-state index contributed by atoms with van der Waals surface area (Å²) in [5.74, 6) is 1.55. The second-order valence-corrected chi connectivity index (χ2v) is 5.24. The minimum Gasteiger partial charge on any atom is -0.370 e. The van der Waals surface area contributed by atoms with Crippen LogP contribution < -0.4 is 10.6 Å². The zero-order valence-electron chi connectivity index (χ0n) is 12.9. The van der Waals surface area contributed by atoms with Gasteiger partial charge in [-0.1, -0.05) is 49.6 Å². The van der Waals surface area contributed by atoms with E-state index in [1.165, 1.54) is 30.4 Å². The van der Waals surface area contributed by atoms with Crippen LogP contribution in [0.15, 0.2) is 36.5 Å². The summed E-state index contributed by atoms with van der Waals surface area (Å²) in [5, 5.41) is 6.60. The summed E-state index contributed by atoms with van der Waals surface area (Å²) in [6.45, 7) is 6.00. The average molecular weight is 284 g/mol. The highest BCUT2D eigenvalue weighted by atomic mass is 15.1. The molecule has 0 fully saturated rings. The van der Waals surface area contributed by atoms with Gasteiger partial charge in [0.2, 0.25) is 5.95 Å². The Bertz CT molecular complexity index is 554. The van der Waals surface area contributed by atoms with Gasteiger partial charge in [-0.05, 0) is 25.0 Å². The molecular formula is C17H24N4. The molecule has 0 aliphatic heterocycles. The number of hydrogen-bond donors (Lipinski definition) is 2. The van der Waals surface area contributed by atoms with Gasteiger partial charge in [0.15, 0.2) is 0 Å². The van der Waals surface area contributed by atoms with Gasteiger partial charge in [-0.2, -0.15) is 4.98 Å². The third kappa shape index (κ3) is 5.42. The van der Waals surface area contributed by atoms with Crippen LogP contribution in [-0.4, -0.2) is 16.5 Å². The number of anilines is 2. The fourth-order valence-corrected chi connectivity index (χ4v) is 2.14. The maximum atomic E-state index is 4.47. The number of aromatic nitrogens is 2. The molecule has 2 N–H and O–H groups in total. The Kier molecular flexibility index (Phi) is 6.00. The van der Waals surface area contributed by atoms with E-state index in [1.54, 1.807) is 6.20 Å². The number of nitrogens with zero attached hydrogens (tertiary/aromatic N) is 2. The van der Waals surface area contributed by atoms with E-state index < -0.39 is 0 Å². The first-order chi connectivity index (χ1) is 10.3. The quantitative estimate of drug-likeness (QED) is 0.719. The van der Waals surface area contributed by atoms with E-state index >= 15 is 0 Å². The van der Waals surface area contributed by atoms with E-state index in [0.717, 1.165) is 18.9 Å². The zero-order chi connectivity index (χ0) is 14.9. The number of benzene rings is 1. The van der Waals surface area contributed by atoms with Crippen LogP contribution in [0, 0.1) is 6.92 Å². The van der Waals surface area contributed by atoms with Crippen LogP contribution in [0.5, 0.6) is 0 Å². The molecule has 21 heavy (non-hydrogen) atoms. The molecule has 2 aromatic rings. The van der Waals surface area contributed by atoms with Gasteiger partial charge in [-0.3, -0.25) is 0 Å². The van der Waals surface area contributed by atoms with Crippen LogP contribution in [0.1, 0.15) is 37.3 Å². The maximum absolute atomic E-state index is 4.47. The molecule has 1 aromatic heterocycles. The van der Waals surface area contributed by atoms with Crippen molar-refractivity contribution in [1.29, 1.82) is 0 Å². The van der Waals surface area contributed by atoms with E-state index in [1.807, 2.05) is 6.07 Å². The molecule has 1 heterocycles. The molecule has 0 aliphatic rings. The maximum Gasteiger partial charge on any atom is 0.224 e. The van der Waals surface area contributed by atoms with Gasteiger partial charge >= 0.3 is 0 Å². The smallest absolute Gasteiger partial charge is 0.224 e. The fourth-order valence-electron chi connectivity index (χ4n) is 2.14. The van der Waals surface area contributed by atoms with Crippen LogP contribution in [-0.2, 0) is 6.54 Å². The van der Waals surface area contributed by atoms with E-state index in [4.69, 9.17) is 0 Å². The molecule has 2 rings (SSSR count). The van der Waals surface area contributed by atoms with Crippen LogP contribution in [0.2, 0.25) is 0 Å². The van der Waals surface area contributed by atoms with Gasteiger partial charge in [-0.25, -0.2) is 4.98 Å². The number of nitrogens with one attached hydrogen (secondary N) is 2. The molecule has 112 valence electrons. The SMILES string of the molecule is CCCCCNc1ccnc(NCc2cccc(C)c2)n1. The van der Waals surface area contributed by atoms with E-state index in [2.05, 4.69) is 58.7 Å². The normalized spacial score (nSPS) is 10.4. The second kappa shape index (κ2) is 8.25. The van der Waals surface area contributed by atoms with Crippen molar-refractivity contribution in [3.8, 4) is 0 Å². The van der Waals surface area contributed by atoms with Crippen molar-refractivity contribution in [2.45, 2.75) is 39.7 Å². The van der Waals surface area contributed by atoms with Gasteiger partial charge < -0.3 is 10.6 Å². The predicted molar refractivity (Wildman–Crippen MR) is 88.6 cm³/mol. The monoisotopic (exact) mass is 284 g/mol. The highest BCUT2D eigenvalue weighted by molar-refractivity contribution is 5.40. The molecule has 4 nitrogen and oxygen atoms in total. The highest BCUT2D eigenvalue weighted by Crippen LogP contribution is 2.09. The first-order valence-electron chi connectivity index (χ1n) is 7.64. The molecule has 0 saturated carbocycles. The predicted octanol–water partition coefficient (Wildman–Crippen LogP) is 4.00. The molecule has 0 bridgehead atoms. The summed E-state index contributed by atoms with van der Waals surface area (Å²) >= 11 is 0. The lowest BCUT2D eigenvalue weighted by Crippen LogP contribution is -2.07. The van der Waals surface area contributed by atoms with Gasteiger partial charge in [-0.15, -0.1) is 0 Å². The zero-order valence-corrected chi connectivity index (χ0v) is 12.9. The van der Waals surface area contributed by atoms with Crippen molar-refractivity contribution >= 4 is 11.8 Å². The number of rotatable bonds is 8. The Morgan fingerprint density at radius 3 is 2.81 bits per heavy atom. The van der Waals surface area contributed by atoms with Gasteiger partial charge in [0.25, 0.3) is 0 Å². The molecule has 0 spiro atoms. The van der Waals surface area contributed by atoms with Crippen LogP contribution in [0.3, 0.4) is 0 Å². The Morgan fingerprint density at radius 1 is 1.10 bits per heavy atom. The van der Waals surface area contributed by atoms with Crippen molar-refractivity contribution in [2.75, 3.05) is 17.2 Å². The molecule has 0 amide bonds. The molecule has 4 heteroatoms. The largest absolute Gasteiger partial charge is 0.370 e. The summed E-state index contributed by atoms with van der Waals surface area (Å²) in [7, 11) is 0. The van der Waals surface area contributed by atoms with Crippen molar-refractivity contribution in [2.24, 2.45) is 0 Å². The highest BCUT2D eigenvalue weighted by Gasteiger charge is 1.99. The number of hydrogen-bond acceptors (Lipinski definition) is 4. The van der Waals surface area contributed by atoms with Crippen molar-refractivity contribution in [3.63, 3.8) is 0 Å². The molecule has 1 aromatic carbocycles. The Hall–Kier alpha value is -2.10. The molecule has 0 atom stereocenters. The minimum absolute atomic E-state index is 0.664. The lowest BCUT2D eigenvalue weighted by molar-refractivity contribution is 0.742. The lowest BCUT2D eigenvalue weighted by Gasteiger charge is -2.08. The second-order valence-electron chi connectivity index (χ2n) is 5.24. The minimum atomic E-state index is 0.664. The third-order valence-corrected chi connectivity index (χ3v) is 3.28. The summed E-state index contributed by atoms with van der Waals surface area (Å²) in [5.41, 5.74) is 2.50. The Labute approximate surface area is 127 Å². The summed E-state index contributed by atoms with van der Waals surface area (Å²) in [6.07, 6.45) is 5.44. The van der Waals surface area contributed by atoms with Crippen molar-refractivity contribution < 1.29 is 0 Å². The summed E-state index contributed by atoms with van der Waals surface area (Å²) in [6, 6.07) is 10.3. The first-order valence-corrected chi connectivity index (χ1v) is 7.64. The molecular weight excluding hydrogens is 260 g/mol. The summed E-state index contributed by atoms with van der Waals surface area (Å²) in [4.78, 5) is 8.73. The van der Waals surface area contributed by atoms with E-state index in [0.29, 0.717) is 5.95 Å². The lowest BCUT2D eigenvalue weighted by atomic mass is 10.1. The molecule has 0 aliphatic carbocycles. The molecule has 0 radical (unpaired) electrons. The standard InChI is InChI=1S/C17H24N4/c1-3-4-5-10-18-16-9-11-19-17(21-16)20-13-15-8-6-7-14(2)12-15/h6-9,11-12H,3-5,10,13H2,1-2H3,(H2,18,19,20,21). The van der Waals surface area contributed by atoms with E-state index in [9.17, 15) is 0 Å². The van der Waals surface area contributed by atoms with Gasteiger partial charge in [0.1, 0.15) is 5.82 Å². The van der Waals surface area contributed by atoms with Crippen LogP contribution in [0.4, 0.5) is 11.8 Å². The van der Waals surface area contributed by atoms with Crippen LogP contribution in [0.25, 0.3) is 0 Å². The first kappa shape index (κ1) is 15.3. The fraction of sp³-hybridized carbons (Fsp3) is 0.412. The summed E-state index contributed by atoms with van der Waals surface area (Å²) < 4.78 is 0. The topological polar surface area (TPSA) is 49.8 Å². The average Bonchev–Trinajstić information content (AvgIpc) is 2.50. The number of unbranched alkanes of at least 4 members (excludes halogenated alkanes) is 2. The third-order valence-electron chi connectivity index (χ3n) is 3.28. The molecule has 0 saturated heterocycles. The molecule has 0 unspecified atom stereocenters. The number of aryl methyl sites for hydroxylation is 1. The Balaban J connectivity index is 1.86. The van der Waals surface area contributed by atoms with Gasteiger partial charge in [0.05, 0.1) is 0 Å². The Morgan fingerprint density at radius 2 is 2.00 bits per heavy atom. The van der Waals surface area contributed by atoms with Crippen molar-refractivity contribution in [1.82, 2.24) is 9.97 Å².